The van der Waals surface area contributed by atoms with Crippen LogP contribution in [-0.4, -0.2) is 15.9 Å². The van der Waals surface area contributed by atoms with E-state index in [2.05, 4.69) is 27.1 Å². The third-order valence-electron chi connectivity index (χ3n) is 4.99. The van der Waals surface area contributed by atoms with Gasteiger partial charge in [-0.25, -0.2) is 4.98 Å². The Bertz CT molecular complexity index is 1380. The number of alkyl halides is 3. The highest BCUT2D eigenvalue weighted by atomic mass is 19.4. The first-order valence-corrected chi connectivity index (χ1v) is 10.6. The molecule has 1 amide bonds. The quantitative estimate of drug-likeness (QED) is 0.350. The Kier molecular flexibility index (Phi) is 6.88. The van der Waals surface area contributed by atoms with E-state index in [1.54, 1.807) is 36.4 Å². The number of hydrogen-bond donors (Lipinski definition) is 2. The maximum atomic E-state index is 13.0. The summed E-state index contributed by atoms with van der Waals surface area (Å²) >= 11 is 0. The Morgan fingerprint density at radius 1 is 1.06 bits per heavy atom. The number of nitrogens with one attached hydrogen (secondary N) is 2. The average molecular weight is 475 g/mol. The number of aryl methyl sites for hydroxylation is 1. The molecule has 4 rings (SSSR count). The van der Waals surface area contributed by atoms with Gasteiger partial charge in [0.25, 0.3) is 0 Å². The van der Waals surface area contributed by atoms with Crippen LogP contribution in [0.3, 0.4) is 0 Å². The number of hydrogen-bond acceptors (Lipinski definition) is 3. The van der Waals surface area contributed by atoms with Gasteiger partial charge in [-0.3, -0.25) is 4.79 Å². The molecule has 35 heavy (non-hydrogen) atoms. The second kappa shape index (κ2) is 10.2. The van der Waals surface area contributed by atoms with E-state index in [0.29, 0.717) is 16.9 Å². The fraction of sp³-hybridized carbons (Fsp3) is 0.111. The van der Waals surface area contributed by atoms with E-state index >= 15 is 0 Å². The maximum absolute atomic E-state index is 13.0. The Morgan fingerprint density at radius 2 is 1.80 bits per heavy atom. The number of nitrogens with zero attached hydrogens (tertiary/aromatic N) is 1. The summed E-state index contributed by atoms with van der Waals surface area (Å²) < 4.78 is 44.8. The summed E-state index contributed by atoms with van der Waals surface area (Å²) in [6.45, 7) is 2.21. The van der Waals surface area contributed by atoms with E-state index in [1.807, 2.05) is 37.3 Å². The van der Waals surface area contributed by atoms with Crippen molar-refractivity contribution in [2.45, 2.75) is 19.7 Å². The summed E-state index contributed by atoms with van der Waals surface area (Å²) in [6.07, 6.45) is -3.83. The molecule has 0 spiro atoms. The predicted molar refractivity (Wildman–Crippen MR) is 126 cm³/mol. The lowest BCUT2D eigenvalue weighted by molar-refractivity contribution is -0.140. The number of carbonyl (C=O) groups is 1. The van der Waals surface area contributed by atoms with Gasteiger partial charge in [0.15, 0.2) is 0 Å². The maximum Gasteiger partial charge on any atom is 0.432 e. The van der Waals surface area contributed by atoms with Crippen LogP contribution in [0.4, 0.5) is 18.9 Å². The third kappa shape index (κ3) is 6.30. The molecule has 0 saturated carbocycles. The van der Waals surface area contributed by atoms with Crippen LogP contribution in [0.1, 0.15) is 22.4 Å². The summed E-state index contributed by atoms with van der Waals surface area (Å²) in [4.78, 5) is 18.6. The van der Waals surface area contributed by atoms with Crippen molar-refractivity contribution >= 4 is 11.6 Å². The SMILES string of the molecule is Cc1ccc(COc2ccc(-c3ncc(C(F)(F)F)[nH]3)cc2NC(=O)C#Cc2ccccc2)cc1. The first-order valence-electron chi connectivity index (χ1n) is 10.6. The summed E-state index contributed by atoms with van der Waals surface area (Å²) in [7, 11) is 0. The van der Waals surface area contributed by atoms with Gasteiger partial charge < -0.3 is 15.0 Å². The minimum atomic E-state index is -4.55. The molecule has 0 atom stereocenters. The van der Waals surface area contributed by atoms with E-state index in [0.717, 1.165) is 17.3 Å². The first-order chi connectivity index (χ1) is 16.8. The lowest BCUT2D eigenvalue weighted by Gasteiger charge is -2.13. The molecule has 1 heterocycles. The largest absolute Gasteiger partial charge is 0.487 e. The zero-order chi connectivity index (χ0) is 24.8. The molecule has 0 radical (unpaired) electrons. The Morgan fingerprint density at radius 3 is 2.49 bits per heavy atom. The molecule has 0 aliphatic heterocycles. The van der Waals surface area contributed by atoms with E-state index in [9.17, 15) is 18.0 Å². The molecule has 8 heteroatoms. The van der Waals surface area contributed by atoms with E-state index in [4.69, 9.17) is 4.74 Å². The molecule has 3 aromatic carbocycles. The highest BCUT2D eigenvalue weighted by Gasteiger charge is 2.33. The zero-order valence-corrected chi connectivity index (χ0v) is 18.6. The van der Waals surface area contributed by atoms with Gasteiger partial charge in [-0.15, -0.1) is 0 Å². The lowest BCUT2D eigenvalue weighted by Crippen LogP contribution is -2.10. The molecule has 0 aliphatic carbocycles. The van der Waals surface area contributed by atoms with Crippen LogP contribution in [0.2, 0.25) is 0 Å². The fourth-order valence-corrected chi connectivity index (χ4v) is 3.16. The van der Waals surface area contributed by atoms with Crippen LogP contribution >= 0.6 is 0 Å². The van der Waals surface area contributed by atoms with Crippen molar-refractivity contribution in [1.29, 1.82) is 0 Å². The van der Waals surface area contributed by atoms with Crippen LogP contribution in [0.5, 0.6) is 5.75 Å². The van der Waals surface area contributed by atoms with Gasteiger partial charge in [0, 0.05) is 17.0 Å². The number of ether oxygens (including phenoxy) is 1. The number of anilines is 1. The molecule has 176 valence electrons. The van der Waals surface area contributed by atoms with Gasteiger partial charge in [0.05, 0.1) is 11.9 Å². The molecular weight excluding hydrogens is 455 g/mol. The molecule has 2 N–H and O–H groups in total. The monoisotopic (exact) mass is 475 g/mol. The number of aromatic amines is 1. The van der Waals surface area contributed by atoms with Crippen LogP contribution in [0, 0.1) is 18.8 Å². The van der Waals surface area contributed by atoms with E-state index < -0.39 is 17.8 Å². The highest BCUT2D eigenvalue weighted by Crippen LogP contribution is 2.33. The molecule has 0 aliphatic rings. The summed E-state index contributed by atoms with van der Waals surface area (Å²) in [5.41, 5.74) is 2.33. The van der Waals surface area contributed by atoms with E-state index in [1.165, 1.54) is 6.07 Å². The molecular formula is C27H20F3N3O2. The van der Waals surface area contributed by atoms with Crippen LogP contribution in [0.25, 0.3) is 11.4 Å². The third-order valence-corrected chi connectivity index (χ3v) is 4.99. The van der Waals surface area contributed by atoms with Crippen LogP contribution in [0.15, 0.2) is 79.0 Å². The van der Waals surface area contributed by atoms with Crippen molar-refractivity contribution in [3.63, 3.8) is 0 Å². The highest BCUT2D eigenvalue weighted by molar-refractivity contribution is 6.05. The van der Waals surface area contributed by atoms with Crippen molar-refractivity contribution in [3.05, 3.63) is 101 Å². The number of halogens is 3. The standard InChI is InChI=1S/C27H20F3N3O2/c1-18-7-9-20(10-8-18)17-35-23-13-12-21(26-31-16-24(33-26)27(28,29)30)15-22(23)32-25(34)14-11-19-5-3-2-4-6-19/h2-10,12-13,15-16H,17H2,1H3,(H,31,33)(H,32,34). The normalized spacial score (nSPS) is 10.9. The minimum absolute atomic E-state index is 0.00767. The Balaban J connectivity index is 1.60. The Labute approximate surface area is 200 Å². The summed E-state index contributed by atoms with van der Waals surface area (Å²) in [5.74, 6) is 5.03. The zero-order valence-electron chi connectivity index (χ0n) is 18.6. The van der Waals surface area contributed by atoms with Gasteiger partial charge in [-0.1, -0.05) is 53.9 Å². The van der Waals surface area contributed by atoms with Crippen LogP contribution in [-0.2, 0) is 17.6 Å². The van der Waals surface area contributed by atoms with Crippen molar-refractivity contribution in [2.24, 2.45) is 0 Å². The number of amides is 1. The number of rotatable bonds is 5. The molecule has 0 bridgehead atoms. The number of H-pyrrole nitrogens is 1. The lowest BCUT2D eigenvalue weighted by atomic mass is 10.1. The van der Waals surface area contributed by atoms with Crippen molar-refractivity contribution < 1.29 is 22.7 Å². The second-order valence-corrected chi connectivity index (χ2v) is 7.70. The molecule has 0 saturated heterocycles. The number of carbonyl (C=O) groups excluding carboxylic acids is 1. The van der Waals surface area contributed by atoms with Gasteiger partial charge in [0.2, 0.25) is 0 Å². The van der Waals surface area contributed by atoms with Gasteiger partial charge in [-0.2, -0.15) is 13.2 Å². The molecule has 4 aromatic rings. The van der Waals surface area contributed by atoms with Gasteiger partial charge in [-0.05, 0) is 42.8 Å². The number of benzene rings is 3. The molecule has 5 nitrogen and oxygen atoms in total. The predicted octanol–water partition coefficient (Wildman–Crippen LogP) is 5.97. The van der Waals surface area contributed by atoms with Crippen molar-refractivity contribution in [3.8, 4) is 29.0 Å². The van der Waals surface area contributed by atoms with Crippen molar-refractivity contribution in [1.82, 2.24) is 9.97 Å². The summed E-state index contributed by atoms with van der Waals surface area (Å²) in [6, 6.07) is 21.4. The topological polar surface area (TPSA) is 67.0 Å². The summed E-state index contributed by atoms with van der Waals surface area (Å²) in [5, 5.41) is 2.67. The molecule has 0 unspecified atom stereocenters. The number of aromatic nitrogens is 2. The number of imidazole rings is 1. The molecule has 0 fully saturated rings. The molecule has 1 aromatic heterocycles. The van der Waals surface area contributed by atoms with Gasteiger partial charge in [0.1, 0.15) is 23.9 Å². The second-order valence-electron chi connectivity index (χ2n) is 7.70. The van der Waals surface area contributed by atoms with Gasteiger partial charge >= 0.3 is 12.1 Å². The smallest absolute Gasteiger partial charge is 0.432 e. The first kappa shape index (κ1) is 23.6. The van der Waals surface area contributed by atoms with Crippen molar-refractivity contribution in [2.75, 3.05) is 5.32 Å². The van der Waals surface area contributed by atoms with E-state index in [-0.39, 0.29) is 18.1 Å². The Hall–Kier alpha value is -4.51. The average Bonchev–Trinajstić information content (AvgIpc) is 3.35. The fourth-order valence-electron chi connectivity index (χ4n) is 3.16. The minimum Gasteiger partial charge on any atom is -0.487 e. The van der Waals surface area contributed by atoms with Crippen LogP contribution < -0.4 is 10.1 Å².